The monoisotopic (exact) mass is 533 g/mol. The Morgan fingerprint density at radius 2 is 1.53 bits per heavy atom. The average molecular weight is 534 g/mol. The third-order valence-electron chi connectivity index (χ3n) is 5.35. The third kappa shape index (κ3) is 6.07. The van der Waals surface area contributed by atoms with Crippen molar-refractivity contribution < 1.29 is 31.1 Å². The number of carbonyl (C=O) groups excluding carboxylic acids is 1. The second-order valence-corrected chi connectivity index (χ2v) is 11.5. The van der Waals surface area contributed by atoms with Gasteiger partial charge in [-0.1, -0.05) is 0 Å². The largest absolute Gasteiger partial charge is 0.497 e. The molecule has 1 amide bonds. The summed E-state index contributed by atoms with van der Waals surface area (Å²) in [5.74, 6) is 0.341. The van der Waals surface area contributed by atoms with Gasteiger partial charge in [-0.3, -0.25) is 13.8 Å². The van der Waals surface area contributed by atoms with Crippen molar-refractivity contribution in [3.05, 3.63) is 72.3 Å². The van der Waals surface area contributed by atoms with Gasteiger partial charge in [-0.05, 0) is 67.6 Å². The lowest BCUT2D eigenvalue weighted by atomic mass is 10.2. The van der Waals surface area contributed by atoms with E-state index < -0.39 is 26.0 Å². The van der Waals surface area contributed by atoms with Gasteiger partial charge in [-0.2, -0.15) is 0 Å². The number of methoxy groups -OCH3 is 2. The number of carbonyl (C=O) groups is 1. The van der Waals surface area contributed by atoms with Gasteiger partial charge >= 0.3 is 0 Å². The Morgan fingerprint density at radius 1 is 0.889 bits per heavy atom. The Hall–Kier alpha value is -3.77. The van der Waals surface area contributed by atoms with Crippen molar-refractivity contribution in [3.8, 4) is 11.5 Å². The van der Waals surface area contributed by atoms with E-state index in [1.54, 1.807) is 19.1 Å². The van der Waals surface area contributed by atoms with Crippen molar-refractivity contribution in [2.75, 3.05) is 41.4 Å². The van der Waals surface area contributed by atoms with Crippen LogP contribution >= 0.6 is 0 Å². The summed E-state index contributed by atoms with van der Waals surface area (Å²) in [6.45, 7) is 1.55. The minimum absolute atomic E-state index is 0.0112. The van der Waals surface area contributed by atoms with Gasteiger partial charge in [0, 0.05) is 24.4 Å². The highest BCUT2D eigenvalue weighted by Gasteiger charge is 2.18. The smallest absolute Gasteiger partial charge is 0.262 e. The van der Waals surface area contributed by atoms with Gasteiger partial charge in [0.15, 0.2) is 0 Å². The number of sulfonamides is 2. The molecule has 0 atom stereocenters. The molecule has 0 heterocycles. The first-order chi connectivity index (χ1) is 17.0. The minimum atomic E-state index is -3.93. The third-order valence-corrected chi connectivity index (χ3v) is 8.51. The highest BCUT2D eigenvalue weighted by molar-refractivity contribution is 7.93. The van der Waals surface area contributed by atoms with Gasteiger partial charge in [-0.15, -0.1) is 0 Å². The molecule has 0 radical (unpaired) electrons. The summed E-state index contributed by atoms with van der Waals surface area (Å²) < 4.78 is 63.6. The molecule has 2 N–H and O–H groups in total. The average Bonchev–Trinajstić information content (AvgIpc) is 2.88. The van der Waals surface area contributed by atoms with Gasteiger partial charge in [0.1, 0.15) is 11.5 Å². The number of anilines is 3. The number of amides is 1. The van der Waals surface area contributed by atoms with Crippen LogP contribution in [0.5, 0.6) is 11.5 Å². The van der Waals surface area contributed by atoms with Crippen LogP contribution in [0.3, 0.4) is 0 Å². The van der Waals surface area contributed by atoms with E-state index in [1.807, 2.05) is 0 Å². The van der Waals surface area contributed by atoms with Crippen LogP contribution in [-0.2, 0) is 20.0 Å². The molecular weight excluding hydrogens is 506 g/mol. The standard InChI is InChI=1S/C24H27N3O7S2/c1-5-35(29,30)27(2)19-10-6-17(7-11-19)24(28)25-18-8-13-21(14-9-18)36(31,32)26-22-15-12-20(33-3)16-23(22)34-4/h6-16,26H,5H2,1-4H3,(H,25,28). The van der Waals surface area contributed by atoms with Gasteiger partial charge in [0.2, 0.25) is 10.0 Å². The molecule has 10 nitrogen and oxygen atoms in total. The molecule has 0 saturated carbocycles. The molecule has 0 aliphatic carbocycles. The van der Waals surface area contributed by atoms with Crippen LogP contribution in [0.25, 0.3) is 0 Å². The van der Waals surface area contributed by atoms with Crippen molar-refractivity contribution in [2.45, 2.75) is 11.8 Å². The minimum Gasteiger partial charge on any atom is -0.497 e. The van der Waals surface area contributed by atoms with Crippen molar-refractivity contribution in [2.24, 2.45) is 0 Å². The molecule has 0 unspecified atom stereocenters. The summed E-state index contributed by atoms with van der Waals surface area (Å²) in [4.78, 5) is 12.6. The number of benzene rings is 3. The zero-order valence-corrected chi connectivity index (χ0v) is 21.8. The number of nitrogens with zero attached hydrogens (tertiary/aromatic N) is 1. The van der Waals surface area contributed by atoms with E-state index in [1.165, 1.54) is 75.9 Å². The molecule has 0 aliphatic rings. The maximum absolute atomic E-state index is 12.8. The van der Waals surface area contributed by atoms with Crippen molar-refractivity contribution in [3.63, 3.8) is 0 Å². The molecule has 0 fully saturated rings. The van der Waals surface area contributed by atoms with E-state index in [2.05, 4.69) is 10.0 Å². The highest BCUT2D eigenvalue weighted by atomic mass is 32.2. The number of hydrogen-bond acceptors (Lipinski definition) is 7. The molecule has 3 aromatic rings. The van der Waals surface area contributed by atoms with Crippen molar-refractivity contribution >= 4 is 43.0 Å². The molecule has 3 rings (SSSR count). The topological polar surface area (TPSA) is 131 Å². The van der Waals surface area contributed by atoms with Crippen LogP contribution in [0.1, 0.15) is 17.3 Å². The molecule has 3 aromatic carbocycles. The highest BCUT2D eigenvalue weighted by Crippen LogP contribution is 2.31. The summed E-state index contributed by atoms with van der Waals surface area (Å²) in [5, 5.41) is 2.69. The molecule has 0 bridgehead atoms. The summed E-state index contributed by atoms with van der Waals surface area (Å²) in [6, 6.07) is 16.5. The summed E-state index contributed by atoms with van der Waals surface area (Å²) >= 11 is 0. The van der Waals surface area contributed by atoms with Gasteiger partial charge in [0.25, 0.3) is 15.9 Å². The lowest BCUT2D eigenvalue weighted by molar-refractivity contribution is 0.102. The Bertz CT molecular complexity index is 1440. The van der Waals surface area contributed by atoms with Crippen LogP contribution in [0.4, 0.5) is 17.1 Å². The Kier molecular flexibility index (Phi) is 8.10. The lowest BCUT2D eigenvalue weighted by Crippen LogP contribution is -2.28. The number of hydrogen-bond donors (Lipinski definition) is 2. The van der Waals surface area contributed by atoms with E-state index in [9.17, 15) is 21.6 Å². The first-order valence-electron chi connectivity index (χ1n) is 10.7. The molecule has 0 saturated heterocycles. The molecule has 0 spiro atoms. The number of rotatable bonds is 10. The Labute approximate surface area is 211 Å². The van der Waals surface area contributed by atoms with Crippen molar-refractivity contribution in [1.82, 2.24) is 0 Å². The predicted octanol–water partition coefficient (Wildman–Crippen LogP) is 3.54. The Balaban J connectivity index is 1.71. The zero-order chi connectivity index (χ0) is 26.5. The van der Waals surface area contributed by atoms with Crippen LogP contribution in [0.15, 0.2) is 71.6 Å². The van der Waals surface area contributed by atoms with E-state index in [0.717, 1.165) is 4.31 Å². The first kappa shape index (κ1) is 26.8. The molecular formula is C24H27N3O7S2. The normalized spacial score (nSPS) is 11.4. The lowest BCUT2D eigenvalue weighted by Gasteiger charge is -2.18. The number of nitrogens with one attached hydrogen (secondary N) is 2. The second-order valence-electron chi connectivity index (χ2n) is 7.57. The quantitative estimate of drug-likeness (QED) is 0.407. The fourth-order valence-electron chi connectivity index (χ4n) is 3.18. The molecule has 0 aliphatic heterocycles. The van der Waals surface area contributed by atoms with E-state index in [-0.39, 0.29) is 16.3 Å². The maximum Gasteiger partial charge on any atom is 0.262 e. The van der Waals surface area contributed by atoms with E-state index >= 15 is 0 Å². The zero-order valence-electron chi connectivity index (χ0n) is 20.2. The van der Waals surface area contributed by atoms with Gasteiger partial charge < -0.3 is 14.8 Å². The van der Waals surface area contributed by atoms with Crippen LogP contribution in [0, 0.1) is 0 Å². The molecule has 36 heavy (non-hydrogen) atoms. The maximum atomic E-state index is 12.8. The molecule has 0 aromatic heterocycles. The fraction of sp³-hybridized carbons (Fsp3) is 0.208. The van der Waals surface area contributed by atoms with Gasteiger partial charge in [0.05, 0.1) is 36.2 Å². The van der Waals surface area contributed by atoms with E-state index in [4.69, 9.17) is 9.47 Å². The van der Waals surface area contributed by atoms with Crippen LogP contribution < -0.4 is 23.8 Å². The predicted molar refractivity (Wildman–Crippen MR) is 139 cm³/mol. The molecule has 192 valence electrons. The Morgan fingerprint density at radius 3 is 2.08 bits per heavy atom. The SMILES string of the molecule is CCS(=O)(=O)N(C)c1ccc(C(=O)Nc2ccc(S(=O)(=O)Nc3ccc(OC)cc3OC)cc2)cc1. The van der Waals surface area contributed by atoms with E-state index in [0.29, 0.717) is 28.4 Å². The number of ether oxygens (including phenoxy) is 2. The second kappa shape index (κ2) is 10.9. The van der Waals surface area contributed by atoms with Gasteiger partial charge in [-0.25, -0.2) is 16.8 Å². The van der Waals surface area contributed by atoms with Crippen LogP contribution in [0.2, 0.25) is 0 Å². The fourth-order valence-corrected chi connectivity index (χ4v) is 5.08. The summed E-state index contributed by atoms with van der Waals surface area (Å²) in [7, 11) is -2.98. The summed E-state index contributed by atoms with van der Waals surface area (Å²) in [5.41, 5.74) is 1.38. The summed E-state index contributed by atoms with van der Waals surface area (Å²) in [6.07, 6.45) is 0. The molecule has 12 heteroatoms. The van der Waals surface area contributed by atoms with Crippen molar-refractivity contribution in [1.29, 1.82) is 0 Å². The van der Waals surface area contributed by atoms with Crippen LogP contribution in [-0.4, -0.2) is 49.8 Å². The first-order valence-corrected chi connectivity index (χ1v) is 13.8.